The molecule has 1 aromatic heterocycles. The fraction of sp³-hybridized carbons (Fsp3) is 0.227. The Labute approximate surface area is 188 Å². The quantitative estimate of drug-likeness (QED) is 0.503. The Morgan fingerprint density at radius 2 is 1.90 bits per heavy atom. The van der Waals surface area contributed by atoms with Gasteiger partial charge in [-0.2, -0.15) is 5.10 Å². The lowest BCUT2D eigenvalue weighted by Crippen LogP contribution is -2.47. The lowest BCUT2D eigenvalue weighted by molar-refractivity contribution is -0.118. The third-order valence-electron chi connectivity index (χ3n) is 4.54. The van der Waals surface area contributed by atoms with Crippen molar-refractivity contribution in [3.05, 3.63) is 81.4 Å². The summed E-state index contributed by atoms with van der Waals surface area (Å²) in [5.41, 5.74) is 1.37. The van der Waals surface area contributed by atoms with Crippen LogP contribution in [-0.2, 0) is 11.3 Å². The van der Waals surface area contributed by atoms with Gasteiger partial charge in [0.1, 0.15) is 11.9 Å². The number of amides is 2. The van der Waals surface area contributed by atoms with Crippen LogP contribution < -0.4 is 10.6 Å². The molecule has 8 heteroatoms. The molecule has 0 fully saturated rings. The fourth-order valence-corrected chi connectivity index (χ4v) is 3.64. The molecule has 3 rings (SSSR count). The number of anilines is 1. The number of hydrogen-bond acceptors (Lipinski definition) is 3. The largest absolute Gasteiger partial charge is 0.340 e. The van der Waals surface area contributed by atoms with Gasteiger partial charge in [-0.05, 0) is 35.7 Å². The molecule has 1 unspecified atom stereocenters. The van der Waals surface area contributed by atoms with Crippen molar-refractivity contribution in [1.82, 2.24) is 15.1 Å². The van der Waals surface area contributed by atoms with Crippen molar-refractivity contribution in [2.24, 2.45) is 5.92 Å². The highest BCUT2D eigenvalue weighted by Crippen LogP contribution is 2.17. The van der Waals surface area contributed by atoms with Crippen LogP contribution in [0, 0.1) is 5.92 Å². The van der Waals surface area contributed by atoms with E-state index in [2.05, 4.69) is 31.7 Å². The molecule has 0 aliphatic carbocycles. The van der Waals surface area contributed by atoms with Gasteiger partial charge < -0.3 is 10.6 Å². The highest BCUT2D eigenvalue weighted by atomic mass is 79.9. The molecule has 0 radical (unpaired) electrons. The number of carbonyl (C=O) groups excluding carboxylic acids is 2. The van der Waals surface area contributed by atoms with E-state index in [1.807, 2.05) is 38.1 Å². The highest BCUT2D eigenvalue weighted by molar-refractivity contribution is 9.10. The number of carbonyl (C=O) groups is 2. The number of hydrogen-bond donors (Lipinski definition) is 2. The molecule has 1 atom stereocenters. The number of rotatable bonds is 7. The Bertz CT molecular complexity index is 1050. The van der Waals surface area contributed by atoms with Crippen LogP contribution in [0.2, 0.25) is 5.02 Å². The van der Waals surface area contributed by atoms with Crippen LogP contribution in [-0.4, -0.2) is 27.6 Å². The Hall–Kier alpha value is -2.64. The number of halogens is 2. The first-order chi connectivity index (χ1) is 14.3. The summed E-state index contributed by atoms with van der Waals surface area (Å²) in [6.45, 7) is 4.24. The van der Waals surface area contributed by atoms with E-state index in [-0.39, 0.29) is 11.8 Å². The van der Waals surface area contributed by atoms with E-state index in [9.17, 15) is 9.59 Å². The summed E-state index contributed by atoms with van der Waals surface area (Å²) < 4.78 is 2.67. The van der Waals surface area contributed by atoms with Crippen LogP contribution in [0.1, 0.15) is 29.8 Å². The number of nitrogens with one attached hydrogen (secondary N) is 2. The predicted octanol–water partition coefficient (Wildman–Crippen LogP) is 4.74. The minimum atomic E-state index is -0.733. The van der Waals surface area contributed by atoms with Gasteiger partial charge in [-0.25, -0.2) is 4.68 Å². The van der Waals surface area contributed by atoms with Gasteiger partial charge in [0, 0.05) is 10.5 Å². The van der Waals surface area contributed by atoms with Gasteiger partial charge in [-0.1, -0.05) is 65.6 Å². The minimum absolute atomic E-state index is 0.127. The summed E-state index contributed by atoms with van der Waals surface area (Å²) >= 11 is 9.57. The molecule has 2 aromatic carbocycles. The Kier molecular flexibility index (Phi) is 7.29. The second-order valence-electron chi connectivity index (χ2n) is 7.17. The van der Waals surface area contributed by atoms with E-state index in [1.165, 1.54) is 0 Å². The van der Waals surface area contributed by atoms with Crippen molar-refractivity contribution in [3.8, 4) is 0 Å². The topological polar surface area (TPSA) is 76.0 Å². The summed E-state index contributed by atoms with van der Waals surface area (Å²) in [5.74, 6) is -0.283. The molecular formula is C22H22BrClN4O2. The van der Waals surface area contributed by atoms with Crippen molar-refractivity contribution >= 4 is 45.2 Å². The Morgan fingerprint density at radius 3 is 2.60 bits per heavy atom. The average Bonchev–Trinajstić information content (AvgIpc) is 3.12. The zero-order chi connectivity index (χ0) is 21.7. The summed E-state index contributed by atoms with van der Waals surface area (Å²) in [5, 5.41) is 10.3. The minimum Gasteiger partial charge on any atom is -0.340 e. The molecule has 30 heavy (non-hydrogen) atoms. The van der Waals surface area contributed by atoms with Gasteiger partial charge in [0.25, 0.3) is 5.91 Å². The lowest BCUT2D eigenvalue weighted by Gasteiger charge is -2.22. The van der Waals surface area contributed by atoms with Crippen LogP contribution in [0.3, 0.4) is 0 Å². The molecule has 6 nitrogen and oxygen atoms in total. The zero-order valence-corrected chi connectivity index (χ0v) is 18.9. The standard InChI is InChI=1S/C22H22BrClN4O2/c1-14(2)20(27-21(29)17-8-3-4-9-18(17)24)22(30)26-19-10-11-25-28(19)13-15-6-5-7-16(23)12-15/h3-12,14,20H,13H2,1-2H3,(H,26,30)(H,27,29). The molecule has 156 valence electrons. The first-order valence-electron chi connectivity index (χ1n) is 9.47. The van der Waals surface area contributed by atoms with Gasteiger partial charge in [0.15, 0.2) is 0 Å². The molecule has 0 spiro atoms. The monoisotopic (exact) mass is 488 g/mol. The van der Waals surface area contributed by atoms with Gasteiger partial charge in [0.05, 0.1) is 23.3 Å². The van der Waals surface area contributed by atoms with Crippen LogP contribution in [0.4, 0.5) is 5.82 Å². The summed E-state index contributed by atoms with van der Waals surface area (Å²) in [4.78, 5) is 25.6. The average molecular weight is 490 g/mol. The van der Waals surface area contributed by atoms with Crippen LogP contribution >= 0.6 is 27.5 Å². The van der Waals surface area contributed by atoms with E-state index >= 15 is 0 Å². The van der Waals surface area contributed by atoms with Crippen LogP contribution in [0.25, 0.3) is 0 Å². The predicted molar refractivity (Wildman–Crippen MR) is 122 cm³/mol. The molecule has 0 aliphatic heterocycles. The number of nitrogens with zero attached hydrogens (tertiary/aromatic N) is 2. The third kappa shape index (κ3) is 5.49. The molecule has 0 saturated heterocycles. The van der Waals surface area contributed by atoms with E-state index in [4.69, 9.17) is 11.6 Å². The molecule has 1 heterocycles. The second kappa shape index (κ2) is 9.91. The van der Waals surface area contributed by atoms with Crippen molar-refractivity contribution in [2.75, 3.05) is 5.32 Å². The van der Waals surface area contributed by atoms with Crippen molar-refractivity contribution in [3.63, 3.8) is 0 Å². The highest BCUT2D eigenvalue weighted by Gasteiger charge is 2.26. The van der Waals surface area contributed by atoms with Gasteiger partial charge in [0.2, 0.25) is 5.91 Å². The maximum atomic E-state index is 13.0. The van der Waals surface area contributed by atoms with Crippen molar-refractivity contribution < 1.29 is 9.59 Å². The third-order valence-corrected chi connectivity index (χ3v) is 5.37. The number of benzene rings is 2. The molecule has 0 aliphatic rings. The SMILES string of the molecule is CC(C)C(NC(=O)c1ccccc1Cl)C(=O)Nc1ccnn1Cc1cccc(Br)c1. The summed E-state index contributed by atoms with van der Waals surface area (Å²) in [6, 6.07) is 15.6. The van der Waals surface area contributed by atoms with E-state index in [1.54, 1.807) is 41.2 Å². The van der Waals surface area contributed by atoms with Gasteiger partial charge >= 0.3 is 0 Å². The molecule has 2 N–H and O–H groups in total. The fourth-order valence-electron chi connectivity index (χ4n) is 2.98. The molecule has 3 aromatic rings. The van der Waals surface area contributed by atoms with Crippen molar-refractivity contribution in [1.29, 1.82) is 0 Å². The Morgan fingerprint density at radius 1 is 1.13 bits per heavy atom. The molecule has 0 saturated carbocycles. The Balaban J connectivity index is 1.72. The zero-order valence-electron chi connectivity index (χ0n) is 16.6. The van der Waals surface area contributed by atoms with E-state index < -0.39 is 11.9 Å². The molecular weight excluding hydrogens is 468 g/mol. The summed E-state index contributed by atoms with van der Waals surface area (Å²) in [7, 11) is 0. The van der Waals surface area contributed by atoms with Gasteiger partial charge in [-0.3, -0.25) is 9.59 Å². The lowest BCUT2D eigenvalue weighted by atomic mass is 10.0. The summed E-state index contributed by atoms with van der Waals surface area (Å²) in [6.07, 6.45) is 1.63. The first kappa shape index (κ1) is 22.1. The maximum Gasteiger partial charge on any atom is 0.253 e. The van der Waals surface area contributed by atoms with Crippen LogP contribution in [0.15, 0.2) is 65.3 Å². The first-order valence-corrected chi connectivity index (χ1v) is 10.6. The van der Waals surface area contributed by atoms with Crippen LogP contribution in [0.5, 0.6) is 0 Å². The van der Waals surface area contributed by atoms with E-state index in [0.717, 1.165) is 10.0 Å². The van der Waals surface area contributed by atoms with E-state index in [0.29, 0.717) is 22.9 Å². The molecule has 0 bridgehead atoms. The number of aromatic nitrogens is 2. The smallest absolute Gasteiger partial charge is 0.253 e. The van der Waals surface area contributed by atoms with Gasteiger partial charge in [-0.15, -0.1) is 0 Å². The second-order valence-corrected chi connectivity index (χ2v) is 8.49. The normalized spacial score (nSPS) is 11.9. The van der Waals surface area contributed by atoms with Crippen molar-refractivity contribution in [2.45, 2.75) is 26.4 Å². The molecule has 2 amide bonds. The maximum absolute atomic E-state index is 13.0.